The number of nitrogen functional groups attached to an aromatic ring is 2. The van der Waals surface area contributed by atoms with E-state index in [4.69, 9.17) is 11.5 Å². The molecule has 0 aromatic heterocycles. The van der Waals surface area contributed by atoms with Gasteiger partial charge in [0.15, 0.2) is 0 Å². The molecule has 218 valence electrons. The molecule has 44 heavy (non-hydrogen) atoms. The predicted octanol–water partition coefficient (Wildman–Crippen LogP) is 8.65. The zero-order valence-electron chi connectivity index (χ0n) is 24.8. The SMILES string of the molecule is Nc1ccc(Cc2ccc(Cc3ccc(NNc4cccc(Cc5ccc(Cc6ccc(N)cc6)cc5)c4)cc3)cc2)cc1. The topological polar surface area (TPSA) is 76.1 Å². The van der Waals surface area contributed by atoms with E-state index in [2.05, 4.69) is 132 Å². The van der Waals surface area contributed by atoms with E-state index in [9.17, 15) is 0 Å². The summed E-state index contributed by atoms with van der Waals surface area (Å²) in [5.41, 5.74) is 32.3. The predicted molar refractivity (Wildman–Crippen MR) is 186 cm³/mol. The summed E-state index contributed by atoms with van der Waals surface area (Å²) in [6.07, 6.45) is 3.61. The molecule has 0 radical (unpaired) electrons. The van der Waals surface area contributed by atoms with E-state index in [0.717, 1.165) is 48.4 Å². The van der Waals surface area contributed by atoms with Gasteiger partial charge in [0, 0.05) is 11.4 Å². The van der Waals surface area contributed by atoms with Gasteiger partial charge in [0.25, 0.3) is 0 Å². The van der Waals surface area contributed by atoms with Crippen molar-refractivity contribution in [3.63, 3.8) is 0 Å². The largest absolute Gasteiger partial charge is 0.399 e. The van der Waals surface area contributed by atoms with Crippen LogP contribution < -0.4 is 22.3 Å². The number of nitrogens with one attached hydrogen (secondary N) is 2. The van der Waals surface area contributed by atoms with Crippen LogP contribution in [0.25, 0.3) is 0 Å². The molecule has 0 spiro atoms. The van der Waals surface area contributed by atoms with Crippen LogP contribution in [0.4, 0.5) is 22.7 Å². The Hall–Kier alpha value is -5.48. The fraction of sp³-hybridized carbons (Fsp3) is 0.100. The molecule has 6 N–H and O–H groups in total. The Bertz CT molecular complexity index is 1770. The summed E-state index contributed by atoms with van der Waals surface area (Å²) >= 11 is 0. The van der Waals surface area contributed by atoms with Gasteiger partial charge >= 0.3 is 0 Å². The summed E-state index contributed by atoms with van der Waals surface area (Å²) in [7, 11) is 0. The van der Waals surface area contributed by atoms with Crippen LogP contribution >= 0.6 is 0 Å². The van der Waals surface area contributed by atoms with E-state index in [1.807, 2.05) is 24.3 Å². The Labute approximate surface area is 260 Å². The van der Waals surface area contributed by atoms with Crippen LogP contribution in [0, 0.1) is 0 Å². The van der Waals surface area contributed by atoms with Crippen LogP contribution in [0.1, 0.15) is 44.5 Å². The Morgan fingerprint density at radius 3 is 1.05 bits per heavy atom. The minimum absolute atomic E-state index is 0.800. The highest BCUT2D eigenvalue weighted by Crippen LogP contribution is 2.20. The lowest BCUT2D eigenvalue weighted by Crippen LogP contribution is -2.08. The van der Waals surface area contributed by atoms with Gasteiger partial charge in [0.1, 0.15) is 0 Å². The summed E-state index contributed by atoms with van der Waals surface area (Å²) in [5.74, 6) is 0. The molecule has 0 heterocycles. The molecule has 0 aliphatic rings. The molecular formula is C40H38N4. The van der Waals surface area contributed by atoms with Crippen molar-refractivity contribution in [2.45, 2.75) is 25.7 Å². The number of nitrogens with two attached hydrogens (primary N) is 2. The number of benzene rings is 6. The smallest absolute Gasteiger partial charge is 0.0542 e. The van der Waals surface area contributed by atoms with Gasteiger partial charge in [-0.15, -0.1) is 0 Å². The molecule has 6 aromatic carbocycles. The van der Waals surface area contributed by atoms with Gasteiger partial charge in [-0.2, -0.15) is 0 Å². The molecule has 0 bridgehead atoms. The average Bonchev–Trinajstić information content (AvgIpc) is 3.05. The maximum atomic E-state index is 5.81. The first kappa shape index (κ1) is 28.6. The zero-order valence-corrected chi connectivity index (χ0v) is 24.8. The second kappa shape index (κ2) is 13.7. The molecular weight excluding hydrogens is 536 g/mol. The fourth-order valence-corrected chi connectivity index (χ4v) is 5.37. The second-order valence-electron chi connectivity index (χ2n) is 11.5. The third-order valence-electron chi connectivity index (χ3n) is 7.87. The molecule has 4 nitrogen and oxygen atoms in total. The van der Waals surface area contributed by atoms with Crippen molar-refractivity contribution in [1.82, 2.24) is 0 Å². The second-order valence-corrected chi connectivity index (χ2v) is 11.5. The average molecular weight is 575 g/mol. The molecule has 0 atom stereocenters. The number of hydrogen-bond acceptors (Lipinski definition) is 4. The van der Waals surface area contributed by atoms with E-state index < -0.39 is 0 Å². The van der Waals surface area contributed by atoms with E-state index in [1.165, 1.54) is 44.5 Å². The first-order valence-electron chi connectivity index (χ1n) is 15.1. The van der Waals surface area contributed by atoms with Gasteiger partial charge < -0.3 is 22.3 Å². The molecule has 0 amide bonds. The Morgan fingerprint density at radius 2 is 0.636 bits per heavy atom. The summed E-state index contributed by atoms with van der Waals surface area (Å²) < 4.78 is 0. The fourth-order valence-electron chi connectivity index (χ4n) is 5.37. The first-order chi connectivity index (χ1) is 21.5. The van der Waals surface area contributed by atoms with Gasteiger partial charge in [-0.1, -0.05) is 97.1 Å². The first-order valence-corrected chi connectivity index (χ1v) is 15.1. The summed E-state index contributed by atoms with van der Waals surface area (Å²) in [6.45, 7) is 0. The monoisotopic (exact) mass is 574 g/mol. The lowest BCUT2D eigenvalue weighted by Gasteiger charge is -2.12. The molecule has 4 heteroatoms. The summed E-state index contributed by atoms with van der Waals surface area (Å²) in [6, 6.07) is 51.1. The van der Waals surface area contributed by atoms with Crippen molar-refractivity contribution in [3.8, 4) is 0 Å². The lowest BCUT2D eigenvalue weighted by molar-refractivity contribution is 1.15. The number of hydrogen-bond donors (Lipinski definition) is 4. The van der Waals surface area contributed by atoms with Crippen molar-refractivity contribution >= 4 is 22.7 Å². The highest BCUT2D eigenvalue weighted by molar-refractivity contribution is 5.54. The molecule has 6 aromatic rings. The Morgan fingerprint density at radius 1 is 0.318 bits per heavy atom. The van der Waals surface area contributed by atoms with E-state index in [1.54, 1.807) is 0 Å². The van der Waals surface area contributed by atoms with Crippen LogP contribution in [0.3, 0.4) is 0 Å². The van der Waals surface area contributed by atoms with Crippen molar-refractivity contribution in [1.29, 1.82) is 0 Å². The molecule has 0 saturated heterocycles. The van der Waals surface area contributed by atoms with Crippen molar-refractivity contribution < 1.29 is 0 Å². The van der Waals surface area contributed by atoms with Gasteiger partial charge in [-0.3, -0.25) is 0 Å². The van der Waals surface area contributed by atoms with Crippen molar-refractivity contribution in [2.75, 3.05) is 22.3 Å². The van der Waals surface area contributed by atoms with Gasteiger partial charge in [-0.05, 0) is 119 Å². The van der Waals surface area contributed by atoms with Crippen LogP contribution in [-0.2, 0) is 25.7 Å². The zero-order chi connectivity index (χ0) is 30.1. The van der Waals surface area contributed by atoms with Crippen LogP contribution in [0.15, 0.2) is 146 Å². The standard InChI is InChI=1S/C40H38N4/c41-37-18-12-33(13-19-37)24-29-4-6-31(7-5-29)26-35-16-22-39(23-17-35)43-44-40-3-1-2-36(28-40)27-32-10-8-30(9-11-32)25-34-14-20-38(42)21-15-34/h1-23,28,43-44H,24-27,41-42H2. The van der Waals surface area contributed by atoms with Crippen molar-refractivity contribution in [2.24, 2.45) is 0 Å². The van der Waals surface area contributed by atoms with E-state index >= 15 is 0 Å². The van der Waals surface area contributed by atoms with E-state index in [-0.39, 0.29) is 0 Å². The Balaban J connectivity index is 0.983. The number of hydrazine groups is 1. The molecule has 0 aliphatic carbocycles. The van der Waals surface area contributed by atoms with Crippen LogP contribution in [0.2, 0.25) is 0 Å². The highest BCUT2D eigenvalue weighted by Gasteiger charge is 2.03. The molecule has 6 rings (SSSR count). The number of rotatable bonds is 11. The van der Waals surface area contributed by atoms with Gasteiger partial charge in [-0.25, -0.2) is 0 Å². The van der Waals surface area contributed by atoms with Crippen molar-refractivity contribution in [3.05, 3.63) is 190 Å². The summed E-state index contributed by atoms with van der Waals surface area (Å²) in [5, 5.41) is 0. The molecule has 0 saturated carbocycles. The third-order valence-corrected chi connectivity index (χ3v) is 7.87. The van der Waals surface area contributed by atoms with Crippen LogP contribution in [-0.4, -0.2) is 0 Å². The minimum Gasteiger partial charge on any atom is -0.399 e. The third kappa shape index (κ3) is 8.08. The van der Waals surface area contributed by atoms with Gasteiger partial charge in [0.2, 0.25) is 0 Å². The van der Waals surface area contributed by atoms with Crippen LogP contribution in [0.5, 0.6) is 0 Å². The number of anilines is 4. The molecule has 0 aliphatic heterocycles. The normalized spacial score (nSPS) is 10.8. The van der Waals surface area contributed by atoms with Gasteiger partial charge in [0.05, 0.1) is 11.4 Å². The molecule has 0 unspecified atom stereocenters. The quantitative estimate of drug-likeness (QED) is 0.0923. The summed E-state index contributed by atoms with van der Waals surface area (Å²) in [4.78, 5) is 0. The maximum Gasteiger partial charge on any atom is 0.0542 e. The van der Waals surface area contributed by atoms with E-state index in [0.29, 0.717) is 0 Å². The Kier molecular flexibility index (Phi) is 8.89. The maximum absolute atomic E-state index is 5.81. The highest BCUT2D eigenvalue weighted by atomic mass is 15.4. The minimum atomic E-state index is 0.800. The lowest BCUT2D eigenvalue weighted by atomic mass is 10.00. The molecule has 0 fully saturated rings.